The van der Waals surface area contributed by atoms with Crippen molar-refractivity contribution < 1.29 is 14.3 Å². The Kier molecular flexibility index (Phi) is 4.85. The average molecular weight is 410 g/mol. The van der Waals surface area contributed by atoms with Crippen molar-refractivity contribution in [1.82, 2.24) is 24.1 Å². The first-order valence-corrected chi connectivity index (χ1v) is 9.68. The number of aryl methyl sites for hydroxylation is 2. The second kappa shape index (κ2) is 7.47. The van der Waals surface area contributed by atoms with E-state index in [1.165, 1.54) is 23.7 Å². The van der Waals surface area contributed by atoms with Crippen molar-refractivity contribution >= 4 is 33.7 Å². The molecule has 0 aromatic carbocycles. The summed E-state index contributed by atoms with van der Waals surface area (Å²) in [6, 6.07) is 1.56. The van der Waals surface area contributed by atoms with E-state index in [9.17, 15) is 9.59 Å². The van der Waals surface area contributed by atoms with E-state index in [1.54, 1.807) is 30.8 Å². The third kappa shape index (κ3) is 3.61. The molecule has 0 aliphatic carbocycles. The maximum atomic E-state index is 12.9. The number of imidazole rings is 1. The lowest BCUT2D eigenvalue weighted by atomic mass is 10.2. The number of anilines is 1. The second-order valence-corrected chi connectivity index (χ2v) is 7.39. The topological polar surface area (TPSA) is 103 Å². The van der Waals surface area contributed by atoms with Gasteiger partial charge in [-0.15, -0.1) is 11.3 Å². The molecule has 148 valence electrons. The highest BCUT2D eigenvalue weighted by Crippen LogP contribution is 2.29. The third-order valence-electron chi connectivity index (χ3n) is 4.24. The molecule has 29 heavy (non-hydrogen) atoms. The maximum Gasteiger partial charge on any atom is 0.339 e. The number of fused-ring (bicyclic) bond motifs is 1. The minimum Gasteiger partial charge on any atom is -0.462 e. The van der Waals surface area contributed by atoms with Gasteiger partial charge in [0.05, 0.1) is 52.2 Å². The number of amides is 1. The van der Waals surface area contributed by atoms with Crippen molar-refractivity contribution in [1.29, 1.82) is 0 Å². The van der Waals surface area contributed by atoms with Crippen molar-refractivity contribution in [3.05, 3.63) is 54.0 Å². The van der Waals surface area contributed by atoms with Crippen LogP contribution in [0, 0.1) is 6.92 Å². The minimum atomic E-state index is -0.485. The first-order chi connectivity index (χ1) is 14.0. The molecule has 0 unspecified atom stereocenters. The maximum absolute atomic E-state index is 12.9. The highest BCUT2D eigenvalue weighted by Gasteiger charge is 2.19. The van der Waals surface area contributed by atoms with Crippen molar-refractivity contribution in [2.24, 2.45) is 7.05 Å². The van der Waals surface area contributed by atoms with E-state index in [0.29, 0.717) is 21.8 Å². The van der Waals surface area contributed by atoms with E-state index in [2.05, 4.69) is 20.4 Å². The number of rotatable bonds is 5. The fraction of sp³-hybridized carbons (Fsp3) is 0.211. The lowest BCUT2D eigenvalue weighted by molar-refractivity contribution is 0.0525. The molecule has 0 saturated carbocycles. The van der Waals surface area contributed by atoms with Crippen molar-refractivity contribution in [2.75, 3.05) is 11.9 Å². The largest absolute Gasteiger partial charge is 0.462 e. The van der Waals surface area contributed by atoms with Crippen LogP contribution in [0.2, 0.25) is 0 Å². The summed E-state index contributed by atoms with van der Waals surface area (Å²) in [6.07, 6.45) is 8.41. The number of aromatic nitrogens is 5. The highest BCUT2D eigenvalue weighted by molar-refractivity contribution is 7.21. The van der Waals surface area contributed by atoms with Crippen LogP contribution in [0.1, 0.15) is 33.3 Å². The van der Waals surface area contributed by atoms with E-state index in [-0.39, 0.29) is 18.1 Å². The summed E-state index contributed by atoms with van der Waals surface area (Å²) in [5.74, 6) is -0.818. The quantitative estimate of drug-likeness (QED) is 0.508. The molecule has 0 aliphatic heterocycles. The molecule has 0 saturated heterocycles. The van der Waals surface area contributed by atoms with Crippen LogP contribution < -0.4 is 5.32 Å². The third-order valence-corrected chi connectivity index (χ3v) is 5.38. The standard InChI is InChI=1S/C19H18N6O3S/c1-4-28-19(27)12-5-14(11(2)20-6-12)23-17(26)13-7-22-25-9-16(29-18(13)25)15-8-24(3)10-21-15/h5-10H,4H2,1-3H3,(H,23,26). The number of pyridine rings is 1. The van der Waals surface area contributed by atoms with E-state index < -0.39 is 5.97 Å². The molecule has 1 N–H and O–H groups in total. The summed E-state index contributed by atoms with van der Waals surface area (Å²) in [6.45, 7) is 3.75. The summed E-state index contributed by atoms with van der Waals surface area (Å²) in [5.41, 5.74) is 2.56. The molecular weight excluding hydrogens is 392 g/mol. The second-order valence-electron chi connectivity index (χ2n) is 6.36. The number of nitrogens with one attached hydrogen (secondary N) is 1. The first-order valence-electron chi connectivity index (χ1n) is 8.87. The zero-order valence-electron chi connectivity index (χ0n) is 16.0. The van der Waals surface area contributed by atoms with Crippen LogP contribution in [-0.4, -0.2) is 42.6 Å². The molecular formula is C19H18N6O3S. The zero-order chi connectivity index (χ0) is 20.5. The Labute approximate surface area is 170 Å². The molecule has 4 rings (SSSR count). The number of thiazole rings is 1. The van der Waals surface area contributed by atoms with E-state index in [0.717, 1.165) is 10.6 Å². The SMILES string of the molecule is CCOC(=O)c1cnc(C)c(NC(=O)c2cnn3cc(-c4cn(C)cn4)sc23)c1. The lowest BCUT2D eigenvalue weighted by Gasteiger charge is -2.09. The molecule has 0 atom stereocenters. The summed E-state index contributed by atoms with van der Waals surface area (Å²) < 4.78 is 8.51. The van der Waals surface area contributed by atoms with Gasteiger partial charge in [-0.25, -0.2) is 14.3 Å². The average Bonchev–Trinajstić information content (AvgIpc) is 3.38. The van der Waals surface area contributed by atoms with Crippen LogP contribution in [0.15, 0.2) is 37.2 Å². The van der Waals surface area contributed by atoms with Crippen LogP contribution in [0.5, 0.6) is 0 Å². The molecule has 4 heterocycles. The van der Waals surface area contributed by atoms with Gasteiger partial charge in [0, 0.05) is 25.6 Å². The number of nitrogens with zero attached hydrogens (tertiary/aromatic N) is 5. The lowest BCUT2D eigenvalue weighted by Crippen LogP contribution is -2.14. The Morgan fingerprint density at radius 3 is 2.79 bits per heavy atom. The van der Waals surface area contributed by atoms with E-state index in [4.69, 9.17) is 4.74 Å². The van der Waals surface area contributed by atoms with Crippen molar-refractivity contribution in [3.8, 4) is 10.6 Å². The number of hydrogen-bond donors (Lipinski definition) is 1. The molecule has 10 heteroatoms. The van der Waals surface area contributed by atoms with Gasteiger partial charge >= 0.3 is 5.97 Å². The summed E-state index contributed by atoms with van der Waals surface area (Å²) in [4.78, 5) is 34.9. The fourth-order valence-electron chi connectivity index (χ4n) is 2.78. The molecule has 4 aromatic heterocycles. The number of esters is 1. The van der Waals surface area contributed by atoms with Crippen LogP contribution in [0.25, 0.3) is 15.4 Å². The Balaban J connectivity index is 1.62. The molecule has 0 fully saturated rings. The first kappa shape index (κ1) is 18.8. The fourth-order valence-corrected chi connectivity index (χ4v) is 3.80. The number of ether oxygens (including phenoxy) is 1. The highest BCUT2D eigenvalue weighted by atomic mass is 32.1. The summed E-state index contributed by atoms with van der Waals surface area (Å²) in [7, 11) is 1.90. The predicted molar refractivity (Wildman–Crippen MR) is 108 cm³/mol. The Hall–Kier alpha value is -3.53. The minimum absolute atomic E-state index is 0.264. The van der Waals surface area contributed by atoms with Gasteiger partial charge in [-0.05, 0) is 19.9 Å². The number of hydrogen-bond acceptors (Lipinski definition) is 7. The Morgan fingerprint density at radius 1 is 1.24 bits per heavy atom. The molecule has 0 radical (unpaired) electrons. The molecule has 0 spiro atoms. The monoisotopic (exact) mass is 410 g/mol. The normalized spacial score (nSPS) is 11.0. The molecule has 4 aromatic rings. The zero-order valence-corrected chi connectivity index (χ0v) is 16.9. The van der Waals surface area contributed by atoms with Crippen LogP contribution in [-0.2, 0) is 11.8 Å². The number of carbonyl (C=O) groups is 2. The van der Waals surface area contributed by atoms with Gasteiger partial charge in [-0.3, -0.25) is 9.78 Å². The number of carbonyl (C=O) groups excluding carboxylic acids is 2. The molecule has 0 aliphatic rings. The van der Waals surface area contributed by atoms with Gasteiger partial charge in [0.1, 0.15) is 4.83 Å². The van der Waals surface area contributed by atoms with Crippen LogP contribution >= 0.6 is 11.3 Å². The van der Waals surface area contributed by atoms with Crippen molar-refractivity contribution in [3.63, 3.8) is 0 Å². The smallest absolute Gasteiger partial charge is 0.339 e. The van der Waals surface area contributed by atoms with Gasteiger partial charge in [-0.2, -0.15) is 5.10 Å². The van der Waals surface area contributed by atoms with Gasteiger partial charge in [0.15, 0.2) is 0 Å². The Morgan fingerprint density at radius 2 is 2.07 bits per heavy atom. The molecule has 9 nitrogen and oxygen atoms in total. The predicted octanol–water partition coefficient (Wildman–Crippen LogP) is 2.93. The van der Waals surface area contributed by atoms with E-state index in [1.807, 2.05) is 24.0 Å². The summed E-state index contributed by atoms with van der Waals surface area (Å²) in [5, 5.41) is 7.09. The van der Waals surface area contributed by atoms with Crippen molar-refractivity contribution in [2.45, 2.75) is 13.8 Å². The van der Waals surface area contributed by atoms with Crippen LogP contribution in [0.3, 0.4) is 0 Å². The van der Waals surface area contributed by atoms with Gasteiger partial charge in [0.2, 0.25) is 0 Å². The molecule has 0 bridgehead atoms. The molecule has 1 amide bonds. The van der Waals surface area contributed by atoms with Crippen LogP contribution in [0.4, 0.5) is 5.69 Å². The van der Waals surface area contributed by atoms with Gasteiger partial charge in [-0.1, -0.05) is 0 Å². The Bertz CT molecular complexity index is 1220. The van der Waals surface area contributed by atoms with E-state index >= 15 is 0 Å². The van der Waals surface area contributed by atoms with Gasteiger partial charge in [0.25, 0.3) is 5.91 Å². The van der Waals surface area contributed by atoms with Gasteiger partial charge < -0.3 is 14.6 Å². The summed E-state index contributed by atoms with van der Waals surface area (Å²) >= 11 is 1.43.